The van der Waals surface area contributed by atoms with Gasteiger partial charge >= 0.3 is 151 Å². The maximum absolute atomic E-state index is 13.1. The topological polar surface area (TPSA) is 34.1 Å². The van der Waals surface area contributed by atoms with E-state index in [1.807, 2.05) is 31.2 Å². The van der Waals surface area contributed by atoms with Gasteiger partial charge in [0, 0.05) is 0 Å². The molecule has 4 rings (SSSR count). The summed E-state index contributed by atoms with van der Waals surface area (Å²) in [6, 6.07) is 22.0. The van der Waals surface area contributed by atoms with Gasteiger partial charge in [0.2, 0.25) is 0 Å². The van der Waals surface area contributed by atoms with Crippen molar-refractivity contribution in [3.8, 4) is 0 Å². The second-order valence-electron chi connectivity index (χ2n) is 6.11. The Hall–Kier alpha value is -1.51. The molecule has 0 atom stereocenters. The first-order chi connectivity index (χ1) is 11.5. The molecule has 3 aromatic rings. The fourth-order valence-corrected chi connectivity index (χ4v) is 18.4. The van der Waals surface area contributed by atoms with Crippen molar-refractivity contribution in [1.29, 1.82) is 0 Å². The molecule has 1 aliphatic rings. The van der Waals surface area contributed by atoms with Crippen molar-refractivity contribution < 1.29 is 8.42 Å². The van der Waals surface area contributed by atoms with Crippen LogP contribution in [0.4, 0.5) is 0 Å². The number of benzene rings is 3. The number of hydrogen-bond donors (Lipinski definition) is 0. The van der Waals surface area contributed by atoms with Crippen molar-refractivity contribution in [1.82, 2.24) is 0 Å². The molecular formula is C20H17BiO2S. The monoisotopic (exact) mass is 530 g/mol. The van der Waals surface area contributed by atoms with Crippen molar-refractivity contribution in [2.75, 3.05) is 0 Å². The van der Waals surface area contributed by atoms with E-state index < -0.39 is 31.6 Å². The molecule has 0 N–H and O–H groups in total. The first kappa shape index (κ1) is 16.0. The summed E-state index contributed by atoms with van der Waals surface area (Å²) in [6.07, 6.45) is 0. The molecule has 0 unspecified atom stereocenters. The molecule has 1 aliphatic heterocycles. The number of fused-ring (bicyclic) bond motifs is 2. The standard InChI is InChI=1S/C13H10O2S.C7H7.Bi/c1-11-7-9-13(10-8-11)16(14,15)12-5-3-2-4-6-12;1-7-5-3-2-4-6-7;/h2-5,7-9H,1H3;3-6H,1H3;. The number of rotatable bonds is 1. The summed E-state index contributed by atoms with van der Waals surface area (Å²) in [5.41, 5.74) is 2.35. The predicted molar refractivity (Wildman–Crippen MR) is 98.9 cm³/mol. The molecule has 0 saturated carbocycles. The van der Waals surface area contributed by atoms with Crippen LogP contribution in [0.2, 0.25) is 0 Å². The van der Waals surface area contributed by atoms with E-state index in [1.165, 1.54) is 8.83 Å². The number of sulfone groups is 1. The molecule has 0 amide bonds. The molecule has 4 heteroatoms. The zero-order chi connectivity index (χ0) is 16.9. The summed E-state index contributed by atoms with van der Waals surface area (Å²) in [7, 11) is -3.42. The Kier molecular flexibility index (Phi) is 3.86. The summed E-state index contributed by atoms with van der Waals surface area (Å²) < 4.78 is 29.6. The van der Waals surface area contributed by atoms with E-state index in [2.05, 4.69) is 37.3 Å². The average Bonchev–Trinajstić information content (AvgIpc) is 2.56. The maximum atomic E-state index is 13.1. The molecule has 24 heavy (non-hydrogen) atoms. The van der Waals surface area contributed by atoms with Crippen LogP contribution in [-0.2, 0) is 9.84 Å². The normalized spacial score (nSPS) is 15.6. The number of aryl methyl sites for hydroxylation is 2. The van der Waals surface area contributed by atoms with E-state index in [0.29, 0.717) is 9.79 Å². The van der Waals surface area contributed by atoms with Gasteiger partial charge < -0.3 is 0 Å². The van der Waals surface area contributed by atoms with Gasteiger partial charge in [-0.15, -0.1) is 0 Å². The Labute approximate surface area is 150 Å². The van der Waals surface area contributed by atoms with Gasteiger partial charge in [-0.05, 0) is 0 Å². The van der Waals surface area contributed by atoms with E-state index in [0.717, 1.165) is 12.1 Å². The van der Waals surface area contributed by atoms with E-state index >= 15 is 0 Å². The molecule has 0 radical (unpaired) electrons. The van der Waals surface area contributed by atoms with Crippen LogP contribution in [0.15, 0.2) is 76.5 Å². The van der Waals surface area contributed by atoms with Crippen molar-refractivity contribution in [3.63, 3.8) is 0 Å². The van der Waals surface area contributed by atoms with Gasteiger partial charge in [0.25, 0.3) is 0 Å². The third-order valence-corrected chi connectivity index (χ3v) is 17.3. The summed E-state index contributed by atoms with van der Waals surface area (Å²) >= 11 is -2.60. The molecule has 0 aromatic heterocycles. The van der Waals surface area contributed by atoms with Gasteiger partial charge in [-0.2, -0.15) is 0 Å². The predicted octanol–water partition coefficient (Wildman–Crippen LogP) is 1.97. The van der Waals surface area contributed by atoms with Crippen LogP contribution in [0.3, 0.4) is 0 Å². The zero-order valence-electron chi connectivity index (χ0n) is 13.5. The van der Waals surface area contributed by atoms with Gasteiger partial charge in [-0.25, -0.2) is 0 Å². The fraction of sp³-hybridized carbons (Fsp3) is 0.100. The molecule has 0 fully saturated rings. The van der Waals surface area contributed by atoms with E-state index in [4.69, 9.17) is 0 Å². The van der Waals surface area contributed by atoms with E-state index in [9.17, 15) is 8.42 Å². The number of hydrogen-bond acceptors (Lipinski definition) is 2. The molecule has 0 aliphatic carbocycles. The minimum absolute atomic E-state index is 0.514. The molecule has 120 valence electrons. The fourth-order valence-electron chi connectivity index (χ4n) is 3.12. The quantitative estimate of drug-likeness (QED) is 0.353. The molecule has 1 heterocycles. The zero-order valence-corrected chi connectivity index (χ0v) is 17.8. The average molecular weight is 530 g/mol. The van der Waals surface area contributed by atoms with Crippen LogP contribution in [0.25, 0.3) is 0 Å². The Balaban J connectivity index is 2.08. The van der Waals surface area contributed by atoms with Crippen molar-refractivity contribution in [2.24, 2.45) is 0 Å². The second-order valence-corrected chi connectivity index (χ2v) is 16.4. The van der Waals surface area contributed by atoms with Crippen molar-refractivity contribution in [3.05, 3.63) is 77.9 Å². The SMILES string of the molecule is Cc1cc[c]([Bi]2[c]3ccccc3S(=O)(=O)c3ccc(C)c[c]32)cc1. The second kappa shape index (κ2) is 5.79. The third-order valence-electron chi connectivity index (χ3n) is 4.33. The first-order valence-electron chi connectivity index (χ1n) is 7.80. The molecule has 3 aromatic carbocycles. The summed E-state index contributed by atoms with van der Waals surface area (Å²) in [5, 5.41) is 0. The van der Waals surface area contributed by atoms with Crippen molar-refractivity contribution in [2.45, 2.75) is 23.6 Å². The van der Waals surface area contributed by atoms with Crippen LogP contribution >= 0.6 is 0 Å². The van der Waals surface area contributed by atoms with Gasteiger partial charge in [-0.3, -0.25) is 0 Å². The van der Waals surface area contributed by atoms with Gasteiger partial charge in [-0.1, -0.05) is 0 Å². The molecular weight excluding hydrogens is 513 g/mol. The van der Waals surface area contributed by atoms with E-state index in [1.54, 1.807) is 12.1 Å². The summed E-state index contributed by atoms with van der Waals surface area (Å²) in [5.74, 6) is 0. The Morgan fingerprint density at radius 2 is 1.33 bits per heavy atom. The first-order valence-corrected chi connectivity index (χ1v) is 14.5. The van der Waals surface area contributed by atoms with Crippen LogP contribution in [0.5, 0.6) is 0 Å². The van der Waals surface area contributed by atoms with Gasteiger partial charge in [0.15, 0.2) is 0 Å². The van der Waals surface area contributed by atoms with Crippen LogP contribution in [0.1, 0.15) is 11.1 Å². The summed E-state index contributed by atoms with van der Waals surface area (Å²) in [6.45, 7) is 4.11. The van der Waals surface area contributed by atoms with Gasteiger partial charge in [0.1, 0.15) is 0 Å². The summed E-state index contributed by atoms with van der Waals surface area (Å²) in [4.78, 5) is 1.03. The van der Waals surface area contributed by atoms with Crippen LogP contribution < -0.4 is 9.81 Å². The minimum atomic E-state index is -3.42. The van der Waals surface area contributed by atoms with Crippen molar-refractivity contribution >= 4 is 41.4 Å². The van der Waals surface area contributed by atoms with E-state index in [-0.39, 0.29) is 0 Å². The Morgan fingerprint density at radius 3 is 2.08 bits per heavy atom. The Bertz CT molecular complexity index is 1040. The molecule has 0 bridgehead atoms. The Morgan fingerprint density at radius 1 is 0.708 bits per heavy atom. The van der Waals surface area contributed by atoms with Crippen LogP contribution in [0, 0.1) is 13.8 Å². The van der Waals surface area contributed by atoms with Gasteiger partial charge in [0.05, 0.1) is 0 Å². The molecule has 0 saturated heterocycles. The molecule has 2 nitrogen and oxygen atoms in total. The van der Waals surface area contributed by atoms with Crippen LogP contribution in [-0.4, -0.2) is 30.2 Å². The third kappa shape index (κ3) is 2.44. The molecule has 0 spiro atoms.